The monoisotopic (exact) mass is 301 g/mol. The fourth-order valence-electron chi connectivity index (χ4n) is 2.29. The van der Waals surface area contributed by atoms with Crippen molar-refractivity contribution in [3.05, 3.63) is 33.1 Å². The van der Waals surface area contributed by atoms with Crippen LogP contribution < -0.4 is 17.0 Å². The third-order valence-electron chi connectivity index (χ3n) is 3.47. The maximum absolute atomic E-state index is 12.3. The number of ether oxygens (including phenoxy) is 1. The van der Waals surface area contributed by atoms with Crippen LogP contribution in [0.4, 0.5) is 0 Å². The molecule has 9 heteroatoms. The molecule has 0 spiro atoms. The molecule has 1 aromatic rings. The van der Waals surface area contributed by atoms with E-state index in [9.17, 15) is 19.8 Å². The Hall–Kier alpha value is -1.52. The molecule has 0 aromatic carbocycles. The number of aromatic nitrogens is 2. The van der Waals surface area contributed by atoms with E-state index in [4.69, 9.17) is 15.6 Å². The van der Waals surface area contributed by atoms with Crippen LogP contribution in [0.3, 0.4) is 0 Å². The third kappa shape index (κ3) is 2.92. The van der Waals surface area contributed by atoms with Gasteiger partial charge in [-0.15, -0.1) is 0 Å². The number of hydrogen-bond acceptors (Lipinski definition) is 7. The summed E-state index contributed by atoms with van der Waals surface area (Å²) in [6.07, 6.45) is -3.17. The second-order valence-corrected chi connectivity index (χ2v) is 4.87. The van der Waals surface area contributed by atoms with Crippen molar-refractivity contribution in [3.63, 3.8) is 0 Å². The van der Waals surface area contributed by atoms with Gasteiger partial charge in [-0.05, 0) is 13.0 Å². The quantitative estimate of drug-likeness (QED) is 0.453. The van der Waals surface area contributed by atoms with E-state index in [2.05, 4.69) is 0 Å². The van der Waals surface area contributed by atoms with E-state index < -0.39 is 42.4 Å². The number of rotatable bonds is 5. The van der Waals surface area contributed by atoms with Crippen molar-refractivity contribution >= 4 is 0 Å². The first-order valence-electron chi connectivity index (χ1n) is 6.65. The van der Waals surface area contributed by atoms with Gasteiger partial charge in [0.1, 0.15) is 18.3 Å². The summed E-state index contributed by atoms with van der Waals surface area (Å²) in [5.74, 6) is 0. The van der Waals surface area contributed by atoms with Gasteiger partial charge < -0.3 is 25.8 Å². The molecule has 1 aliphatic heterocycles. The topological polar surface area (TPSA) is 140 Å². The summed E-state index contributed by atoms with van der Waals surface area (Å²) in [6, 6.07) is 1.17. The maximum Gasteiger partial charge on any atom is 0.333 e. The molecule has 0 bridgehead atoms. The van der Waals surface area contributed by atoms with Gasteiger partial charge in [0.25, 0.3) is 5.56 Å². The summed E-state index contributed by atoms with van der Waals surface area (Å²) in [4.78, 5) is 24.0. The minimum atomic E-state index is -1.37. The van der Waals surface area contributed by atoms with E-state index in [0.29, 0.717) is 13.0 Å². The first kappa shape index (κ1) is 15.9. The zero-order valence-corrected chi connectivity index (χ0v) is 11.3. The summed E-state index contributed by atoms with van der Waals surface area (Å²) in [5, 5.41) is 28.7. The lowest BCUT2D eigenvalue weighted by Crippen LogP contribution is -2.43. The van der Waals surface area contributed by atoms with Crippen molar-refractivity contribution in [2.45, 2.75) is 37.5 Å². The molecule has 0 radical (unpaired) electrons. The average Bonchev–Trinajstić information content (AvgIpc) is 2.75. The fourth-order valence-corrected chi connectivity index (χ4v) is 2.29. The molecule has 0 aliphatic carbocycles. The van der Waals surface area contributed by atoms with Crippen LogP contribution >= 0.6 is 0 Å². The Morgan fingerprint density at radius 1 is 1.29 bits per heavy atom. The molecule has 118 valence electrons. The van der Waals surface area contributed by atoms with Gasteiger partial charge in [0.2, 0.25) is 0 Å². The molecule has 1 aliphatic rings. The Morgan fingerprint density at radius 2 is 2.00 bits per heavy atom. The highest BCUT2D eigenvalue weighted by atomic mass is 16.6. The van der Waals surface area contributed by atoms with E-state index in [1.807, 2.05) is 0 Å². The normalized spacial score (nSPS) is 29.0. The molecule has 0 amide bonds. The molecular formula is C12H19N3O6. The molecule has 1 fully saturated rings. The van der Waals surface area contributed by atoms with Crippen molar-refractivity contribution < 1.29 is 20.1 Å². The lowest BCUT2D eigenvalue weighted by Gasteiger charge is -2.18. The van der Waals surface area contributed by atoms with Crippen LogP contribution in [0.1, 0.15) is 12.6 Å². The van der Waals surface area contributed by atoms with Crippen LogP contribution in [-0.4, -0.2) is 55.9 Å². The molecule has 0 saturated carbocycles. The lowest BCUT2D eigenvalue weighted by atomic mass is 10.1. The highest BCUT2D eigenvalue weighted by molar-refractivity contribution is 4.94. The van der Waals surface area contributed by atoms with Gasteiger partial charge in [0.15, 0.2) is 6.23 Å². The number of aliphatic hydroxyl groups is 3. The van der Waals surface area contributed by atoms with E-state index in [-0.39, 0.29) is 6.54 Å². The second-order valence-electron chi connectivity index (χ2n) is 4.87. The Bertz CT molecular complexity index is 597. The van der Waals surface area contributed by atoms with E-state index in [0.717, 1.165) is 9.13 Å². The average molecular weight is 301 g/mol. The molecule has 1 saturated heterocycles. The molecule has 4 atom stereocenters. The Labute approximate surface area is 119 Å². The first-order valence-corrected chi connectivity index (χ1v) is 6.65. The van der Waals surface area contributed by atoms with Crippen molar-refractivity contribution in [3.8, 4) is 0 Å². The molecule has 2 rings (SSSR count). The molecule has 21 heavy (non-hydrogen) atoms. The maximum atomic E-state index is 12.3. The van der Waals surface area contributed by atoms with Crippen LogP contribution in [0.5, 0.6) is 0 Å². The van der Waals surface area contributed by atoms with Gasteiger partial charge in [-0.1, -0.05) is 0 Å². The minimum Gasteiger partial charge on any atom is -0.394 e. The predicted octanol–water partition coefficient (Wildman–Crippen LogP) is -3.03. The summed E-state index contributed by atoms with van der Waals surface area (Å²) < 4.78 is 7.29. The van der Waals surface area contributed by atoms with Crippen LogP contribution in [0.15, 0.2) is 21.9 Å². The van der Waals surface area contributed by atoms with Crippen LogP contribution in [0, 0.1) is 0 Å². The largest absolute Gasteiger partial charge is 0.394 e. The van der Waals surface area contributed by atoms with Crippen LogP contribution in [-0.2, 0) is 11.3 Å². The van der Waals surface area contributed by atoms with Gasteiger partial charge in [-0.3, -0.25) is 13.9 Å². The summed E-state index contributed by atoms with van der Waals surface area (Å²) >= 11 is 0. The molecule has 9 nitrogen and oxygen atoms in total. The molecule has 2 heterocycles. The fraction of sp³-hybridized carbons (Fsp3) is 0.667. The van der Waals surface area contributed by atoms with E-state index in [1.165, 1.54) is 12.3 Å². The van der Waals surface area contributed by atoms with Crippen molar-refractivity contribution in [1.29, 1.82) is 0 Å². The number of aliphatic hydroxyl groups excluding tert-OH is 3. The van der Waals surface area contributed by atoms with Crippen molar-refractivity contribution in [2.24, 2.45) is 5.73 Å². The molecule has 2 unspecified atom stereocenters. The summed E-state index contributed by atoms with van der Waals surface area (Å²) in [5.41, 5.74) is 4.23. The van der Waals surface area contributed by atoms with Gasteiger partial charge in [-0.25, -0.2) is 4.79 Å². The van der Waals surface area contributed by atoms with Gasteiger partial charge in [0.05, 0.1) is 6.61 Å². The van der Waals surface area contributed by atoms with Crippen molar-refractivity contribution in [1.82, 2.24) is 9.13 Å². The first-order chi connectivity index (χ1) is 10.0. The molecule has 1 aromatic heterocycles. The van der Waals surface area contributed by atoms with Crippen molar-refractivity contribution in [2.75, 3.05) is 13.2 Å². The third-order valence-corrected chi connectivity index (χ3v) is 3.47. The standard InChI is InChI=1S/C12H19N3O6/c13-3-1-4-14-8(17)2-5-15(12(14)20)11-10(19)9(18)7(6-16)21-11/h2,5,7,9-11,16,18-19H,1,3-4,6,13H2/t7-,9?,10?,11-/m0/s1. The van der Waals surface area contributed by atoms with Crippen LogP contribution in [0.2, 0.25) is 0 Å². The lowest BCUT2D eigenvalue weighted by molar-refractivity contribution is -0.0556. The summed E-state index contributed by atoms with van der Waals surface area (Å²) in [7, 11) is 0. The van der Waals surface area contributed by atoms with E-state index >= 15 is 0 Å². The Balaban J connectivity index is 2.37. The zero-order chi connectivity index (χ0) is 15.6. The number of hydrogen-bond donors (Lipinski definition) is 4. The second kappa shape index (κ2) is 6.50. The predicted molar refractivity (Wildman–Crippen MR) is 71.6 cm³/mol. The van der Waals surface area contributed by atoms with Gasteiger partial charge in [0, 0.05) is 18.8 Å². The smallest absolute Gasteiger partial charge is 0.333 e. The zero-order valence-electron chi connectivity index (χ0n) is 11.3. The SMILES string of the molecule is NCCCn1c(=O)ccn([C@H]2O[C@@H](CO)C(O)C2O)c1=O. The molecule has 5 N–H and O–H groups in total. The number of nitrogens with zero attached hydrogens (tertiary/aromatic N) is 2. The minimum absolute atomic E-state index is 0.157. The highest BCUT2D eigenvalue weighted by Crippen LogP contribution is 2.27. The van der Waals surface area contributed by atoms with Gasteiger partial charge >= 0.3 is 5.69 Å². The highest BCUT2D eigenvalue weighted by Gasteiger charge is 2.43. The number of nitrogens with two attached hydrogens (primary N) is 1. The Kier molecular flexibility index (Phi) is 4.91. The Morgan fingerprint density at radius 3 is 2.57 bits per heavy atom. The molecular weight excluding hydrogens is 282 g/mol. The van der Waals surface area contributed by atoms with Crippen LogP contribution in [0.25, 0.3) is 0 Å². The summed E-state index contributed by atoms with van der Waals surface area (Å²) in [6.45, 7) is -0.00524. The van der Waals surface area contributed by atoms with E-state index in [1.54, 1.807) is 0 Å². The van der Waals surface area contributed by atoms with Gasteiger partial charge in [-0.2, -0.15) is 0 Å².